The molecule has 1 amide bonds. The van der Waals surface area contributed by atoms with Gasteiger partial charge in [-0.3, -0.25) is 9.69 Å². The summed E-state index contributed by atoms with van der Waals surface area (Å²) in [4.78, 5) is 15.3. The summed E-state index contributed by atoms with van der Waals surface area (Å²) in [6, 6.07) is 15.6. The van der Waals surface area contributed by atoms with Crippen LogP contribution in [0.5, 0.6) is 11.5 Å². The zero-order valence-corrected chi connectivity index (χ0v) is 19.1. The summed E-state index contributed by atoms with van der Waals surface area (Å²) in [5.41, 5.74) is 3.41. The molecule has 2 aliphatic heterocycles. The minimum Gasteiger partial charge on any atom is -0.454 e. The van der Waals surface area contributed by atoms with Crippen LogP contribution in [0.2, 0.25) is 0 Å². The van der Waals surface area contributed by atoms with Gasteiger partial charge in [-0.15, -0.1) is 0 Å². The first-order valence-corrected chi connectivity index (χ1v) is 11.7. The van der Waals surface area contributed by atoms with Gasteiger partial charge in [0.1, 0.15) is 10.0 Å². The molecule has 0 saturated carbocycles. The molecule has 3 heterocycles. The fourth-order valence-electron chi connectivity index (χ4n) is 3.62. The first-order chi connectivity index (χ1) is 15.6. The lowest BCUT2D eigenvalue weighted by Crippen LogP contribution is -2.28. The van der Waals surface area contributed by atoms with E-state index in [2.05, 4.69) is 6.92 Å². The van der Waals surface area contributed by atoms with E-state index in [0.29, 0.717) is 21.5 Å². The highest BCUT2D eigenvalue weighted by Gasteiger charge is 2.32. The number of rotatable bonds is 6. The minimum atomic E-state index is -0.0439. The Bertz CT molecular complexity index is 1220. The van der Waals surface area contributed by atoms with Crippen molar-refractivity contribution < 1.29 is 14.3 Å². The molecule has 2 aromatic carbocycles. The highest BCUT2D eigenvalue weighted by atomic mass is 32.2. The molecule has 0 bridgehead atoms. The summed E-state index contributed by atoms with van der Waals surface area (Å²) < 4.78 is 13.4. The summed E-state index contributed by atoms with van der Waals surface area (Å²) >= 11 is 6.81. The number of carbonyl (C=O) groups excluding carboxylic acids is 1. The van der Waals surface area contributed by atoms with Gasteiger partial charge in [0.05, 0.1) is 10.6 Å². The number of aromatic nitrogens is 2. The lowest BCUT2D eigenvalue weighted by atomic mass is 10.1. The Morgan fingerprint density at radius 1 is 1.16 bits per heavy atom. The summed E-state index contributed by atoms with van der Waals surface area (Å²) in [5.74, 6) is 1.36. The summed E-state index contributed by atoms with van der Waals surface area (Å²) in [5, 5.41) is 4.84. The van der Waals surface area contributed by atoms with Crippen molar-refractivity contribution in [2.45, 2.75) is 19.8 Å². The van der Waals surface area contributed by atoms with Crippen LogP contribution < -0.4 is 9.47 Å². The molecule has 1 fully saturated rings. The van der Waals surface area contributed by atoms with E-state index in [9.17, 15) is 4.79 Å². The Kier molecular flexibility index (Phi) is 5.71. The molecule has 5 rings (SSSR count). The van der Waals surface area contributed by atoms with Gasteiger partial charge in [0.25, 0.3) is 5.91 Å². The van der Waals surface area contributed by atoms with Crippen molar-refractivity contribution in [3.05, 3.63) is 65.2 Å². The predicted molar refractivity (Wildman–Crippen MR) is 130 cm³/mol. The third kappa shape index (κ3) is 3.91. The topological polar surface area (TPSA) is 56.6 Å². The highest BCUT2D eigenvalue weighted by molar-refractivity contribution is 8.26. The Labute approximate surface area is 195 Å². The molecule has 2 aliphatic rings. The van der Waals surface area contributed by atoms with Crippen LogP contribution in [0.4, 0.5) is 0 Å². The number of carbonyl (C=O) groups is 1. The second kappa shape index (κ2) is 8.80. The van der Waals surface area contributed by atoms with Gasteiger partial charge >= 0.3 is 0 Å². The Hall–Kier alpha value is -3.10. The van der Waals surface area contributed by atoms with E-state index in [1.165, 1.54) is 11.8 Å². The van der Waals surface area contributed by atoms with Gasteiger partial charge in [0, 0.05) is 23.9 Å². The molecular formula is C24H21N3O3S2. The van der Waals surface area contributed by atoms with Crippen molar-refractivity contribution in [3.8, 4) is 28.4 Å². The van der Waals surface area contributed by atoms with Gasteiger partial charge < -0.3 is 9.47 Å². The number of thioether (sulfide) groups is 1. The van der Waals surface area contributed by atoms with Crippen LogP contribution in [-0.2, 0) is 4.79 Å². The molecule has 3 aromatic rings. The van der Waals surface area contributed by atoms with E-state index in [1.54, 1.807) is 4.90 Å². The van der Waals surface area contributed by atoms with E-state index in [0.717, 1.165) is 41.1 Å². The molecule has 0 aliphatic carbocycles. The lowest BCUT2D eigenvalue weighted by molar-refractivity contribution is -0.122. The first kappa shape index (κ1) is 20.8. The zero-order chi connectivity index (χ0) is 22.1. The quantitative estimate of drug-likeness (QED) is 0.367. The molecule has 1 saturated heterocycles. The number of thiocarbonyl (C=S) groups is 1. The average molecular weight is 464 g/mol. The SMILES string of the molecule is CCCCN1C(=O)/C(=C/c2cn(-c3ccccc3)nc2-c2ccc3c(c2)OCO3)SC1=S. The summed E-state index contributed by atoms with van der Waals surface area (Å²) in [6.45, 7) is 2.96. The van der Waals surface area contributed by atoms with Crippen molar-refractivity contribution in [3.63, 3.8) is 0 Å². The summed E-state index contributed by atoms with van der Waals surface area (Å²) in [7, 11) is 0. The van der Waals surface area contributed by atoms with Crippen LogP contribution in [0.3, 0.4) is 0 Å². The normalized spacial score (nSPS) is 16.4. The van der Waals surface area contributed by atoms with E-state index in [1.807, 2.05) is 65.5 Å². The highest BCUT2D eigenvalue weighted by Crippen LogP contribution is 2.38. The second-order valence-electron chi connectivity index (χ2n) is 7.47. The smallest absolute Gasteiger partial charge is 0.266 e. The summed E-state index contributed by atoms with van der Waals surface area (Å²) in [6.07, 6.45) is 5.76. The van der Waals surface area contributed by atoms with Crippen LogP contribution in [0.15, 0.2) is 59.6 Å². The van der Waals surface area contributed by atoms with E-state index in [-0.39, 0.29) is 12.7 Å². The number of benzene rings is 2. The molecule has 32 heavy (non-hydrogen) atoms. The van der Waals surface area contributed by atoms with Gasteiger partial charge in [-0.2, -0.15) is 5.10 Å². The molecular weight excluding hydrogens is 442 g/mol. The number of para-hydroxylation sites is 1. The number of hydrogen-bond acceptors (Lipinski definition) is 6. The molecule has 162 valence electrons. The van der Waals surface area contributed by atoms with E-state index < -0.39 is 0 Å². The maximum Gasteiger partial charge on any atom is 0.266 e. The number of amides is 1. The third-order valence-corrected chi connectivity index (χ3v) is 6.68. The van der Waals surface area contributed by atoms with Crippen LogP contribution >= 0.6 is 24.0 Å². The largest absolute Gasteiger partial charge is 0.454 e. The zero-order valence-electron chi connectivity index (χ0n) is 17.5. The molecule has 0 atom stereocenters. The number of hydrogen-bond donors (Lipinski definition) is 0. The van der Waals surface area contributed by atoms with Gasteiger partial charge in [0.2, 0.25) is 6.79 Å². The van der Waals surface area contributed by atoms with Crippen LogP contribution in [0.25, 0.3) is 23.0 Å². The maximum absolute atomic E-state index is 13.0. The number of ether oxygens (including phenoxy) is 2. The number of unbranched alkanes of at least 4 members (excludes halogenated alkanes) is 1. The minimum absolute atomic E-state index is 0.0439. The van der Waals surface area contributed by atoms with Gasteiger partial charge in [-0.1, -0.05) is 55.5 Å². The van der Waals surface area contributed by atoms with Crippen molar-refractivity contribution in [2.24, 2.45) is 0 Å². The van der Waals surface area contributed by atoms with Gasteiger partial charge in [0.15, 0.2) is 11.5 Å². The van der Waals surface area contributed by atoms with Crippen molar-refractivity contribution in [1.29, 1.82) is 0 Å². The number of nitrogens with zero attached hydrogens (tertiary/aromatic N) is 3. The molecule has 0 spiro atoms. The molecule has 0 N–H and O–H groups in total. The Morgan fingerprint density at radius 2 is 1.97 bits per heavy atom. The van der Waals surface area contributed by atoms with Crippen molar-refractivity contribution in [2.75, 3.05) is 13.3 Å². The van der Waals surface area contributed by atoms with Crippen LogP contribution in [-0.4, -0.2) is 38.2 Å². The fraction of sp³-hybridized carbons (Fsp3) is 0.208. The lowest BCUT2D eigenvalue weighted by Gasteiger charge is -2.12. The fourth-order valence-corrected chi connectivity index (χ4v) is 4.92. The van der Waals surface area contributed by atoms with Gasteiger partial charge in [-0.25, -0.2) is 4.68 Å². The first-order valence-electron chi connectivity index (χ1n) is 10.4. The van der Waals surface area contributed by atoms with Crippen molar-refractivity contribution >= 4 is 40.3 Å². The van der Waals surface area contributed by atoms with Crippen LogP contribution in [0, 0.1) is 0 Å². The molecule has 0 unspecified atom stereocenters. The molecule has 6 nitrogen and oxygen atoms in total. The monoisotopic (exact) mass is 463 g/mol. The molecule has 8 heteroatoms. The van der Waals surface area contributed by atoms with Crippen LogP contribution in [0.1, 0.15) is 25.3 Å². The molecule has 0 radical (unpaired) electrons. The van der Waals surface area contributed by atoms with Crippen molar-refractivity contribution in [1.82, 2.24) is 14.7 Å². The average Bonchev–Trinajstić information content (AvgIpc) is 3.51. The third-order valence-electron chi connectivity index (χ3n) is 5.30. The standard InChI is InChI=1S/C24H21N3O3S2/c1-2-3-11-26-23(28)21(32-24(26)31)13-17-14-27(18-7-5-4-6-8-18)25-22(17)16-9-10-19-20(12-16)30-15-29-19/h4-10,12-14H,2-3,11,15H2,1H3/b21-13-. The number of fused-ring (bicyclic) bond motifs is 1. The second-order valence-corrected chi connectivity index (χ2v) is 9.14. The van der Waals surface area contributed by atoms with E-state index in [4.69, 9.17) is 26.8 Å². The predicted octanol–water partition coefficient (Wildman–Crippen LogP) is 5.27. The molecule has 1 aromatic heterocycles. The van der Waals surface area contributed by atoms with E-state index >= 15 is 0 Å². The maximum atomic E-state index is 13.0. The Morgan fingerprint density at radius 3 is 2.78 bits per heavy atom. The van der Waals surface area contributed by atoms with Gasteiger partial charge in [-0.05, 0) is 42.8 Å². The Balaban J connectivity index is 1.57.